The summed E-state index contributed by atoms with van der Waals surface area (Å²) in [6.45, 7) is 6.29. The Kier molecular flexibility index (Phi) is 7.03. The van der Waals surface area contributed by atoms with Gasteiger partial charge in [0.2, 0.25) is 0 Å². The molecule has 1 fully saturated rings. The first-order chi connectivity index (χ1) is 19.3. The van der Waals surface area contributed by atoms with Crippen molar-refractivity contribution in [3.8, 4) is 17.0 Å². The summed E-state index contributed by atoms with van der Waals surface area (Å²) in [5.41, 5.74) is -2.35. The van der Waals surface area contributed by atoms with Crippen molar-refractivity contribution in [3.63, 3.8) is 0 Å². The monoisotopic (exact) mass is 562 g/mol. The van der Waals surface area contributed by atoms with Crippen LogP contribution in [-0.4, -0.2) is 45.0 Å². The molecule has 3 N–H and O–H groups in total. The number of fused-ring (bicyclic) bond motifs is 1. The number of nitrogens with zero attached hydrogens (tertiary/aromatic N) is 3. The summed E-state index contributed by atoms with van der Waals surface area (Å²) in [7, 11) is 1.48. The number of methoxy groups -OCH3 is 1. The van der Waals surface area contributed by atoms with Crippen molar-refractivity contribution in [1.29, 1.82) is 0 Å². The first-order valence-corrected chi connectivity index (χ1v) is 13.3. The number of nitrogens with one attached hydrogen (secondary N) is 1. The van der Waals surface area contributed by atoms with E-state index in [2.05, 4.69) is 20.5 Å². The van der Waals surface area contributed by atoms with Crippen LogP contribution < -0.4 is 10.1 Å². The number of ether oxygens (including phenoxy) is 1. The second-order valence-electron chi connectivity index (χ2n) is 11.5. The lowest BCUT2D eigenvalue weighted by atomic mass is 9.80. The Morgan fingerprint density at radius 2 is 1.76 bits per heavy atom. The highest BCUT2D eigenvalue weighted by molar-refractivity contribution is 5.99. The van der Waals surface area contributed by atoms with Gasteiger partial charge in [-0.15, -0.1) is 5.10 Å². The van der Waals surface area contributed by atoms with Gasteiger partial charge >= 0.3 is 0 Å². The number of rotatable bonds is 8. The lowest BCUT2D eigenvalue weighted by Crippen LogP contribution is -2.47. The molecule has 0 radical (unpaired) electrons. The molecule has 1 amide bonds. The molecule has 0 unspecified atom stereocenters. The van der Waals surface area contributed by atoms with Crippen LogP contribution in [0.4, 0.5) is 8.78 Å². The van der Waals surface area contributed by atoms with Crippen LogP contribution in [0.25, 0.3) is 22.2 Å². The maximum atomic E-state index is 15.7. The highest BCUT2D eigenvalue weighted by Crippen LogP contribution is 2.58. The molecule has 2 aromatic heterocycles. The molecule has 10 heteroatoms. The van der Waals surface area contributed by atoms with Gasteiger partial charge in [0.25, 0.3) is 5.91 Å². The van der Waals surface area contributed by atoms with E-state index in [-0.39, 0.29) is 29.1 Å². The summed E-state index contributed by atoms with van der Waals surface area (Å²) in [5, 5.41) is 34.7. The third-order valence-corrected chi connectivity index (χ3v) is 7.92. The van der Waals surface area contributed by atoms with Crippen LogP contribution in [0.15, 0.2) is 48.5 Å². The van der Waals surface area contributed by atoms with Crippen molar-refractivity contribution in [1.82, 2.24) is 20.5 Å². The number of halogens is 2. The van der Waals surface area contributed by atoms with Crippen molar-refractivity contribution >= 4 is 16.8 Å². The lowest BCUT2D eigenvalue weighted by molar-refractivity contribution is -0.0329. The van der Waals surface area contributed by atoms with Gasteiger partial charge in [0.15, 0.2) is 5.82 Å². The molecule has 5 rings (SSSR count). The topological polar surface area (TPSA) is 117 Å². The zero-order valence-electron chi connectivity index (χ0n) is 23.5. The number of amides is 1. The molecule has 0 saturated heterocycles. The Morgan fingerprint density at radius 1 is 1.07 bits per heavy atom. The fourth-order valence-electron chi connectivity index (χ4n) is 5.03. The zero-order chi connectivity index (χ0) is 29.7. The minimum atomic E-state index is -1.71. The Morgan fingerprint density at radius 3 is 2.37 bits per heavy atom. The molecule has 214 valence electrons. The molecule has 1 aliphatic rings. The minimum Gasteiger partial charge on any atom is -0.494 e. The highest BCUT2D eigenvalue weighted by Gasteiger charge is 2.57. The summed E-state index contributed by atoms with van der Waals surface area (Å²) < 4.78 is 34.8. The average Bonchev–Trinajstić information content (AvgIpc) is 3.69. The average molecular weight is 563 g/mol. The van der Waals surface area contributed by atoms with Gasteiger partial charge in [-0.05, 0) is 82.1 Å². The number of carbonyl (C=O) groups excluding carboxylic acids is 1. The van der Waals surface area contributed by atoms with Gasteiger partial charge < -0.3 is 20.3 Å². The number of pyridine rings is 1. The summed E-state index contributed by atoms with van der Waals surface area (Å²) >= 11 is 0. The summed E-state index contributed by atoms with van der Waals surface area (Å²) in [6.07, 6.45) is 1.29. The number of hydrogen-bond acceptors (Lipinski definition) is 7. The van der Waals surface area contributed by atoms with Gasteiger partial charge in [0.1, 0.15) is 28.4 Å². The second kappa shape index (κ2) is 10.1. The lowest BCUT2D eigenvalue weighted by Gasteiger charge is -2.35. The summed E-state index contributed by atoms with van der Waals surface area (Å²) in [4.78, 5) is 17.9. The zero-order valence-corrected chi connectivity index (χ0v) is 23.5. The van der Waals surface area contributed by atoms with E-state index in [4.69, 9.17) is 4.74 Å². The third kappa shape index (κ3) is 5.25. The van der Waals surface area contributed by atoms with Crippen molar-refractivity contribution in [2.75, 3.05) is 13.7 Å². The second-order valence-corrected chi connectivity index (χ2v) is 11.5. The number of aliphatic hydroxyl groups is 2. The van der Waals surface area contributed by atoms with Crippen molar-refractivity contribution < 1.29 is 28.5 Å². The van der Waals surface area contributed by atoms with Gasteiger partial charge in [-0.25, -0.2) is 13.8 Å². The number of carbonyl (C=O) groups is 1. The minimum absolute atomic E-state index is 0.0772. The predicted octanol–water partition coefficient (Wildman–Crippen LogP) is 4.93. The predicted molar refractivity (Wildman–Crippen MR) is 149 cm³/mol. The number of hydrogen-bond donors (Lipinski definition) is 3. The molecule has 0 spiro atoms. The van der Waals surface area contributed by atoms with E-state index in [0.717, 1.165) is 0 Å². The smallest absolute Gasteiger partial charge is 0.251 e. The van der Waals surface area contributed by atoms with E-state index >= 15 is 4.39 Å². The van der Waals surface area contributed by atoms with Crippen LogP contribution in [0.5, 0.6) is 5.75 Å². The Bertz CT molecular complexity index is 1650. The molecule has 2 heterocycles. The molecular formula is C31H32F2N4O4. The van der Waals surface area contributed by atoms with E-state index < -0.39 is 34.2 Å². The molecule has 1 atom stereocenters. The Balaban J connectivity index is 1.56. The van der Waals surface area contributed by atoms with Gasteiger partial charge in [-0.2, -0.15) is 5.10 Å². The third-order valence-electron chi connectivity index (χ3n) is 7.92. The largest absolute Gasteiger partial charge is 0.494 e. The molecule has 1 aliphatic carbocycles. The summed E-state index contributed by atoms with van der Waals surface area (Å²) in [6, 6.07) is 11.5. The number of benzene rings is 2. The van der Waals surface area contributed by atoms with Crippen molar-refractivity contribution in [3.05, 3.63) is 82.7 Å². The number of aryl methyl sites for hydroxylation is 1. The molecule has 0 bridgehead atoms. The van der Waals surface area contributed by atoms with Crippen LogP contribution in [0.2, 0.25) is 0 Å². The van der Waals surface area contributed by atoms with Crippen LogP contribution in [0, 0.1) is 24.0 Å². The van der Waals surface area contributed by atoms with Gasteiger partial charge in [0, 0.05) is 27.5 Å². The molecular weight excluding hydrogens is 530 g/mol. The van der Waals surface area contributed by atoms with E-state index in [9.17, 15) is 19.4 Å². The van der Waals surface area contributed by atoms with E-state index in [1.165, 1.54) is 51.3 Å². The van der Waals surface area contributed by atoms with Crippen LogP contribution in [0.3, 0.4) is 0 Å². The Hall–Kier alpha value is -4.02. The fraction of sp³-hybridized carbons (Fsp3) is 0.355. The van der Waals surface area contributed by atoms with Crippen LogP contribution in [0.1, 0.15) is 60.9 Å². The first kappa shape index (κ1) is 28.5. The van der Waals surface area contributed by atoms with E-state index in [1.807, 2.05) is 6.92 Å². The molecule has 8 nitrogen and oxygen atoms in total. The molecule has 4 aromatic rings. The van der Waals surface area contributed by atoms with Crippen molar-refractivity contribution in [2.45, 2.75) is 51.7 Å². The SMILES string of the molecule is COc1cc(C(=O)NC[C@](O)(c2cc(C(C)(C)O)c(F)c(-c3ccc(F)cc3)n2)C2(C)CC2)cc2cc(C)nnc12. The number of aromatic nitrogens is 3. The quantitative estimate of drug-likeness (QED) is 0.279. The van der Waals surface area contributed by atoms with Gasteiger partial charge in [0.05, 0.1) is 30.6 Å². The van der Waals surface area contributed by atoms with Crippen molar-refractivity contribution in [2.24, 2.45) is 5.41 Å². The maximum absolute atomic E-state index is 15.7. The summed E-state index contributed by atoms with van der Waals surface area (Å²) in [5.74, 6) is -1.36. The van der Waals surface area contributed by atoms with E-state index in [1.54, 1.807) is 25.1 Å². The highest BCUT2D eigenvalue weighted by atomic mass is 19.1. The molecule has 2 aromatic carbocycles. The van der Waals surface area contributed by atoms with Gasteiger partial charge in [-0.1, -0.05) is 6.92 Å². The van der Waals surface area contributed by atoms with E-state index in [0.29, 0.717) is 40.8 Å². The molecule has 41 heavy (non-hydrogen) atoms. The Labute approximate surface area is 236 Å². The fourth-order valence-corrected chi connectivity index (χ4v) is 5.03. The molecule has 1 saturated carbocycles. The van der Waals surface area contributed by atoms with Crippen LogP contribution >= 0.6 is 0 Å². The molecule has 0 aliphatic heterocycles. The van der Waals surface area contributed by atoms with Gasteiger partial charge in [-0.3, -0.25) is 4.79 Å². The van der Waals surface area contributed by atoms with Crippen LogP contribution in [-0.2, 0) is 11.2 Å². The first-order valence-electron chi connectivity index (χ1n) is 13.3. The maximum Gasteiger partial charge on any atom is 0.251 e. The standard InChI is InChI=1S/C31H32F2N4O4/c1-17-12-19-13-20(14-23(41-5)26(19)37-36-17)28(38)34-16-31(40,30(4)10-11-30)24-15-22(29(2,3)39)25(33)27(35-24)18-6-8-21(32)9-7-18/h6-9,12-15,39-40H,10-11,16H2,1-5H3,(H,34,38)/t31-/m0/s1. The normalized spacial score (nSPS) is 15.8.